The molecule has 59 heavy (non-hydrogen) atoms. The van der Waals surface area contributed by atoms with Crippen molar-refractivity contribution in [2.45, 2.75) is 102 Å². The first-order chi connectivity index (χ1) is 28.6. The Balaban J connectivity index is 0.789. The molecule has 0 radical (unpaired) electrons. The first-order valence-corrected chi connectivity index (χ1v) is 20.7. The second-order valence-electron chi connectivity index (χ2n) is 16.0. The number of rotatable bonds is 18. The number of hydrogen-bond acceptors (Lipinski definition) is 9. The Morgan fingerprint density at radius 1 is 1.00 bits per heavy atom. The standard InChI is InChI=1S/C43H52N12O4/c1-43(30-14-10-9-11-15-30)21-23-54(28-43)32-24-29(26-46-52-44)40-49-39(51-55(40)27-32)42(59)45-22-13-8-6-4-3-5-7-12-16-36(56)47-31-17-18-33-35(25-31)53(2)50-38(33)34-19-20-37(57)48-41(34)58/h9-11,14-15,17-18,24-25,27,34H,3-8,12-13,16,19-23,26,28H2,1-2H3,(H,45,59)(H,47,56)(H,48,57,58)/t34?,43-/m0/s1. The summed E-state index contributed by atoms with van der Waals surface area (Å²) in [6, 6.07) is 18.1. The van der Waals surface area contributed by atoms with E-state index in [-0.39, 0.29) is 47.8 Å². The third-order valence-electron chi connectivity index (χ3n) is 11.7. The highest BCUT2D eigenvalue weighted by Crippen LogP contribution is 2.37. The summed E-state index contributed by atoms with van der Waals surface area (Å²) in [5.41, 5.74) is 14.6. The number of fused-ring (bicyclic) bond motifs is 2. The largest absolute Gasteiger partial charge is 0.369 e. The maximum Gasteiger partial charge on any atom is 0.290 e. The summed E-state index contributed by atoms with van der Waals surface area (Å²) < 4.78 is 3.33. The van der Waals surface area contributed by atoms with E-state index < -0.39 is 5.92 Å². The SMILES string of the molecule is Cn1nc(C2CCC(=O)NC2=O)c2ccc(NC(=O)CCCCCCCCCCNC(=O)c3nc4c(CN=[N+]=[N-])cc(N5CC[C@](C)(c6ccccc6)C5)cn4n3)cc21. The van der Waals surface area contributed by atoms with Crippen LogP contribution >= 0.6 is 0 Å². The summed E-state index contributed by atoms with van der Waals surface area (Å²) in [5, 5.41) is 22.1. The first-order valence-electron chi connectivity index (χ1n) is 20.7. The predicted molar refractivity (Wildman–Crippen MR) is 225 cm³/mol. The van der Waals surface area contributed by atoms with Gasteiger partial charge in [-0.1, -0.05) is 80.9 Å². The number of anilines is 2. The molecule has 3 N–H and O–H groups in total. The lowest BCUT2D eigenvalue weighted by molar-refractivity contribution is -0.134. The van der Waals surface area contributed by atoms with Crippen LogP contribution in [0.25, 0.3) is 27.0 Å². The van der Waals surface area contributed by atoms with Crippen molar-refractivity contribution in [1.29, 1.82) is 0 Å². The van der Waals surface area contributed by atoms with Gasteiger partial charge in [0.15, 0.2) is 5.65 Å². The number of nitrogens with one attached hydrogen (secondary N) is 3. The number of pyridine rings is 1. The van der Waals surface area contributed by atoms with E-state index >= 15 is 0 Å². The summed E-state index contributed by atoms with van der Waals surface area (Å²) >= 11 is 0. The highest BCUT2D eigenvalue weighted by Gasteiger charge is 2.36. The number of carbonyl (C=O) groups excluding carboxylic acids is 4. The molecule has 0 bridgehead atoms. The minimum absolute atomic E-state index is 0.00559. The highest BCUT2D eigenvalue weighted by atomic mass is 16.2. The summed E-state index contributed by atoms with van der Waals surface area (Å²) in [6.07, 6.45) is 12.0. The number of nitrogens with zero attached hydrogens (tertiary/aromatic N) is 9. The lowest BCUT2D eigenvalue weighted by atomic mass is 9.82. The van der Waals surface area contributed by atoms with Crippen LogP contribution in [0.15, 0.2) is 65.9 Å². The van der Waals surface area contributed by atoms with E-state index in [1.807, 2.05) is 36.5 Å². The zero-order valence-corrected chi connectivity index (χ0v) is 33.8. The third kappa shape index (κ3) is 9.71. The molecule has 2 aliphatic rings. The van der Waals surface area contributed by atoms with Crippen LogP contribution in [0.5, 0.6) is 0 Å². The number of carbonyl (C=O) groups is 4. The van der Waals surface area contributed by atoms with Gasteiger partial charge < -0.3 is 15.5 Å². The molecule has 2 fully saturated rings. The molecule has 4 amide bonds. The molecule has 3 aromatic heterocycles. The molecule has 0 aliphatic carbocycles. The van der Waals surface area contributed by atoms with Crippen molar-refractivity contribution in [2.24, 2.45) is 12.2 Å². The highest BCUT2D eigenvalue weighted by molar-refractivity contribution is 6.03. The van der Waals surface area contributed by atoms with Crippen LogP contribution in [0.2, 0.25) is 0 Å². The predicted octanol–water partition coefficient (Wildman–Crippen LogP) is 6.99. The Bertz CT molecular complexity index is 2380. The number of piperidine rings is 1. The fraction of sp³-hybridized carbons (Fsp3) is 0.465. The minimum atomic E-state index is -0.472. The average molecular weight is 801 g/mol. The Morgan fingerprint density at radius 2 is 1.76 bits per heavy atom. The zero-order chi connectivity index (χ0) is 41.4. The Morgan fingerprint density at radius 3 is 2.53 bits per heavy atom. The molecule has 16 heteroatoms. The van der Waals surface area contributed by atoms with Crippen LogP contribution < -0.4 is 20.9 Å². The molecule has 2 aromatic carbocycles. The van der Waals surface area contributed by atoms with Gasteiger partial charge in [-0.25, -0.2) is 9.50 Å². The van der Waals surface area contributed by atoms with Gasteiger partial charge in [-0.2, -0.15) is 5.10 Å². The fourth-order valence-electron chi connectivity index (χ4n) is 8.34. The molecule has 308 valence electrons. The van der Waals surface area contributed by atoms with Crippen LogP contribution in [0.4, 0.5) is 11.4 Å². The molecule has 16 nitrogen and oxygen atoms in total. The van der Waals surface area contributed by atoms with Crippen LogP contribution in [-0.4, -0.2) is 67.6 Å². The normalized spacial score (nSPS) is 17.9. The van der Waals surface area contributed by atoms with Crippen LogP contribution in [0.1, 0.15) is 117 Å². The summed E-state index contributed by atoms with van der Waals surface area (Å²) in [5.74, 6) is -1.33. The topological polar surface area (TPSA) is 204 Å². The molecule has 5 aromatic rings. The van der Waals surface area contributed by atoms with E-state index in [0.29, 0.717) is 42.0 Å². The van der Waals surface area contributed by atoms with Crippen LogP contribution in [-0.2, 0) is 33.4 Å². The van der Waals surface area contributed by atoms with Crippen molar-refractivity contribution in [3.05, 3.63) is 93.9 Å². The molecule has 2 atom stereocenters. The van der Waals surface area contributed by atoms with Crippen molar-refractivity contribution >= 4 is 51.6 Å². The van der Waals surface area contributed by atoms with Crippen molar-refractivity contribution in [3.8, 4) is 0 Å². The molecule has 0 saturated carbocycles. The Kier molecular flexibility index (Phi) is 12.9. The summed E-state index contributed by atoms with van der Waals surface area (Å²) in [7, 11) is 1.81. The van der Waals surface area contributed by atoms with Crippen molar-refractivity contribution in [2.75, 3.05) is 29.9 Å². The van der Waals surface area contributed by atoms with Gasteiger partial charge >= 0.3 is 0 Å². The zero-order valence-electron chi connectivity index (χ0n) is 33.8. The second-order valence-corrected chi connectivity index (χ2v) is 16.0. The van der Waals surface area contributed by atoms with Gasteiger partial charge in [-0.3, -0.25) is 29.2 Å². The average Bonchev–Trinajstić information content (AvgIpc) is 3.95. The van der Waals surface area contributed by atoms with Crippen molar-refractivity contribution < 1.29 is 19.2 Å². The lowest BCUT2D eigenvalue weighted by Crippen LogP contribution is -2.39. The number of aryl methyl sites for hydroxylation is 1. The minimum Gasteiger partial charge on any atom is -0.369 e. The number of benzene rings is 2. The molecule has 5 heterocycles. The van der Waals surface area contributed by atoms with Crippen molar-refractivity contribution in [1.82, 2.24) is 35.0 Å². The second kappa shape index (κ2) is 18.5. The molecule has 0 spiro atoms. The van der Waals surface area contributed by atoms with Gasteiger partial charge in [0.25, 0.3) is 5.91 Å². The third-order valence-corrected chi connectivity index (χ3v) is 11.7. The number of azide groups is 1. The van der Waals surface area contributed by atoms with Crippen LogP contribution in [0.3, 0.4) is 0 Å². The number of unbranched alkanes of at least 4 members (excludes halogenated alkanes) is 7. The van der Waals surface area contributed by atoms with Gasteiger partial charge in [-0.15, -0.1) is 5.10 Å². The molecule has 2 aliphatic heterocycles. The van der Waals surface area contributed by atoms with E-state index in [1.165, 1.54) is 5.56 Å². The van der Waals surface area contributed by atoms with Crippen LogP contribution in [0, 0.1) is 0 Å². The summed E-state index contributed by atoms with van der Waals surface area (Å²) in [4.78, 5) is 59.5. The molecular weight excluding hydrogens is 749 g/mol. The van der Waals surface area contributed by atoms with Gasteiger partial charge in [-0.05, 0) is 61.0 Å². The molecular formula is C43H52N12O4. The number of aromatic nitrogens is 5. The lowest BCUT2D eigenvalue weighted by Gasteiger charge is -2.26. The van der Waals surface area contributed by atoms with Crippen molar-refractivity contribution in [3.63, 3.8) is 0 Å². The Labute approximate surface area is 342 Å². The molecule has 2 saturated heterocycles. The molecule has 1 unspecified atom stereocenters. The monoisotopic (exact) mass is 800 g/mol. The maximum absolute atomic E-state index is 13.1. The van der Waals surface area contributed by atoms with E-state index in [4.69, 9.17) is 5.53 Å². The van der Waals surface area contributed by atoms with E-state index in [0.717, 1.165) is 87.5 Å². The molecule has 7 rings (SSSR count). The Hall–Kier alpha value is -6.28. The first kappa shape index (κ1) is 40.9. The maximum atomic E-state index is 13.1. The number of amides is 4. The van der Waals surface area contributed by atoms with Gasteiger partial charge in [0.1, 0.15) is 0 Å². The number of imide groups is 1. The van der Waals surface area contributed by atoms with E-state index in [9.17, 15) is 19.2 Å². The van der Waals surface area contributed by atoms with E-state index in [1.54, 1.807) is 16.2 Å². The smallest absolute Gasteiger partial charge is 0.290 e. The van der Waals surface area contributed by atoms with Gasteiger partial charge in [0.05, 0.1) is 35.6 Å². The van der Waals surface area contributed by atoms with Gasteiger partial charge in [0.2, 0.25) is 23.5 Å². The van der Waals surface area contributed by atoms with Gasteiger partial charge in [0, 0.05) is 66.5 Å². The quantitative estimate of drug-likeness (QED) is 0.0276. The number of hydrogen-bond donors (Lipinski definition) is 3. The summed E-state index contributed by atoms with van der Waals surface area (Å²) in [6.45, 7) is 4.61. The van der Waals surface area contributed by atoms with E-state index in [2.05, 4.69) is 77.2 Å². The fourth-order valence-corrected chi connectivity index (χ4v) is 8.34.